The van der Waals surface area contributed by atoms with E-state index in [-0.39, 0.29) is 12.5 Å². The molecule has 7 nitrogen and oxygen atoms in total. The van der Waals surface area contributed by atoms with E-state index < -0.39 is 5.60 Å². The molecule has 1 fully saturated rings. The van der Waals surface area contributed by atoms with Gasteiger partial charge in [0.2, 0.25) is 0 Å². The molecule has 22 heavy (non-hydrogen) atoms. The van der Waals surface area contributed by atoms with E-state index in [1.807, 2.05) is 4.90 Å². The summed E-state index contributed by atoms with van der Waals surface area (Å²) in [4.78, 5) is 28.0. The molecule has 1 amide bonds. The van der Waals surface area contributed by atoms with Crippen LogP contribution in [0.2, 0.25) is 0 Å². The number of thiazole rings is 1. The molecule has 2 aromatic heterocycles. The van der Waals surface area contributed by atoms with Gasteiger partial charge in [-0.2, -0.15) is 0 Å². The van der Waals surface area contributed by atoms with Crippen molar-refractivity contribution in [2.75, 3.05) is 31.6 Å². The lowest BCUT2D eigenvalue weighted by molar-refractivity contribution is 0.0262. The molecule has 0 spiro atoms. The van der Waals surface area contributed by atoms with Gasteiger partial charge in [0.15, 0.2) is 0 Å². The van der Waals surface area contributed by atoms with Crippen molar-refractivity contribution in [3.63, 3.8) is 0 Å². The van der Waals surface area contributed by atoms with E-state index in [0.717, 1.165) is 5.82 Å². The molecule has 116 valence electrons. The van der Waals surface area contributed by atoms with Crippen molar-refractivity contribution in [3.8, 4) is 0 Å². The normalized spacial score (nSPS) is 21.1. The van der Waals surface area contributed by atoms with Gasteiger partial charge in [-0.3, -0.25) is 9.78 Å². The number of carbonyl (C=O) groups excluding carboxylic acids is 1. The Morgan fingerprint density at radius 1 is 1.50 bits per heavy atom. The molecule has 8 heteroatoms. The summed E-state index contributed by atoms with van der Waals surface area (Å²) in [5.74, 6) is 0.569. The van der Waals surface area contributed by atoms with Crippen molar-refractivity contribution in [2.45, 2.75) is 12.0 Å². The van der Waals surface area contributed by atoms with Crippen LogP contribution in [-0.4, -0.2) is 63.1 Å². The Kier molecular flexibility index (Phi) is 4.04. The Morgan fingerprint density at radius 2 is 2.36 bits per heavy atom. The van der Waals surface area contributed by atoms with Gasteiger partial charge in [0, 0.05) is 37.9 Å². The number of aliphatic hydroxyl groups is 1. The third kappa shape index (κ3) is 3.07. The number of carbonyl (C=O) groups is 1. The Balaban J connectivity index is 1.64. The van der Waals surface area contributed by atoms with Crippen LogP contribution in [0, 0.1) is 0 Å². The highest BCUT2D eigenvalue weighted by molar-refractivity contribution is 7.07. The predicted molar refractivity (Wildman–Crippen MR) is 82.9 cm³/mol. The fourth-order valence-electron chi connectivity index (χ4n) is 2.66. The lowest BCUT2D eigenvalue weighted by Gasteiger charge is -2.28. The molecule has 0 bridgehead atoms. The maximum atomic E-state index is 12.2. The number of amides is 1. The van der Waals surface area contributed by atoms with Crippen molar-refractivity contribution >= 4 is 23.1 Å². The molecule has 0 aliphatic carbocycles. The number of nitrogens with zero attached hydrogens (tertiary/aromatic N) is 5. The monoisotopic (exact) mass is 319 g/mol. The maximum Gasteiger partial charge on any atom is 0.273 e. The minimum absolute atomic E-state index is 0.173. The van der Waals surface area contributed by atoms with E-state index in [1.165, 1.54) is 16.2 Å². The fourth-order valence-corrected chi connectivity index (χ4v) is 3.19. The zero-order valence-electron chi connectivity index (χ0n) is 12.2. The average molecular weight is 319 g/mol. The first-order chi connectivity index (χ1) is 10.6. The number of hydrogen-bond acceptors (Lipinski definition) is 7. The lowest BCUT2D eigenvalue weighted by Crippen LogP contribution is -2.46. The molecular formula is C14H17N5O2S. The summed E-state index contributed by atoms with van der Waals surface area (Å²) in [6.45, 7) is 1.38. The van der Waals surface area contributed by atoms with Gasteiger partial charge >= 0.3 is 0 Å². The molecule has 1 aliphatic rings. The van der Waals surface area contributed by atoms with Crippen LogP contribution in [0.5, 0.6) is 0 Å². The summed E-state index contributed by atoms with van der Waals surface area (Å²) in [6.07, 6.45) is 5.50. The Labute approximate surface area is 132 Å². The molecule has 1 unspecified atom stereocenters. The van der Waals surface area contributed by atoms with Crippen LogP contribution < -0.4 is 4.90 Å². The van der Waals surface area contributed by atoms with E-state index in [4.69, 9.17) is 0 Å². The van der Waals surface area contributed by atoms with Gasteiger partial charge in [0.05, 0.1) is 18.3 Å². The molecule has 1 N–H and O–H groups in total. The molecule has 0 saturated carbocycles. The van der Waals surface area contributed by atoms with Gasteiger partial charge in [0.25, 0.3) is 5.91 Å². The first-order valence-corrected chi connectivity index (χ1v) is 7.89. The van der Waals surface area contributed by atoms with Gasteiger partial charge in [-0.25, -0.2) is 9.97 Å². The van der Waals surface area contributed by atoms with Crippen LogP contribution in [-0.2, 0) is 0 Å². The Bertz CT molecular complexity index is 636. The zero-order chi connectivity index (χ0) is 15.6. The van der Waals surface area contributed by atoms with E-state index in [0.29, 0.717) is 25.2 Å². The van der Waals surface area contributed by atoms with E-state index in [9.17, 15) is 9.90 Å². The number of likely N-dealkylation sites (N-methyl/N-ethyl adjacent to an activating group) is 1. The molecule has 1 saturated heterocycles. The second-order valence-corrected chi connectivity index (χ2v) is 6.21. The quantitative estimate of drug-likeness (QED) is 0.891. The highest BCUT2D eigenvalue weighted by atomic mass is 32.1. The summed E-state index contributed by atoms with van der Waals surface area (Å²) in [5.41, 5.74) is 1.10. The van der Waals surface area contributed by atoms with E-state index in [1.54, 1.807) is 36.5 Å². The smallest absolute Gasteiger partial charge is 0.273 e. The van der Waals surface area contributed by atoms with Crippen LogP contribution in [0.15, 0.2) is 29.5 Å². The zero-order valence-corrected chi connectivity index (χ0v) is 13.0. The topological polar surface area (TPSA) is 82.5 Å². The SMILES string of the molecule is CN(CC1(O)CCN(c2cnccn2)C1)C(=O)c1cscn1. The van der Waals surface area contributed by atoms with E-state index >= 15 is 0 Å². The summed E-state index contributed by atoms with van der Waals surface area (Å²) >= 11 is 1.38. The Hall–Kier alpha value is -2.06. The van der Waals surface area contributed by atoms with Gasteiger partial charge in [-0.15, -0.1) is 11.3 Å². The second kappa shape index (κ2) is 5.98. The van der Waals surface area contributed by atoms with Crippen molar-refractivity contribution in [2.24, 2.45) is 0 Å². The number of β-amino-alcohol motifs (C(OH)–C–C–N with tert-alkyl or cyclic N) is 1. The van der Waals surface area contributed by atoms with Crippen LogP contribution in [0.1, 0.15) is 16.9 Å². The van der Waals surface area contributed by atoms with Crippen LogP contribution in [0.3, 0.4) is 0 Å². The number of hydrogen-bond donors (Lipinski definition) is 1. The van der Waals surface area contributed by atoms with Gasteiger partial charge < -0.3 is 14.9 Å². The molecular weight excluding hydrogens is 302 g/mol. The molecule has 1 aliphatic heterocycles. The summed E-state index contributed by atoms with van der Waals surface area (Å²) < 4.78 is 0. The fraction of sp³-hybridized carbons (Fsp3) is 0.429. The van der Waals surface area contributed by atoms with Crippen LogP contribution >= 0.6 is 11.3 Å². The minimum atomic E-state index is -0.946. The largest absolute Gasteiger partial charge is 0.386 e. The number of anilines is 1. The van der Waals surface area contributed by atoms with Crippen molar-refractivity contribution in [1.29, 1.82) is 0 Å². The lowest BCUT2D eigenvalue weighted by atomic mass is 10.0. The van der Waals surface area contributed by atoms with Crippen molar-refractivity contribution in [1.82, 2.24) is 19.9 Å². The van der Waals surface area contributed by atoms with Gasteiger partial charge in [-0.05, 0) is 6.42 Å². The average Bonchev–Trinajstić information content (AvgIpc) is 3.17. The molecule has 3 rings (SSSR count). The highest BCUT2D eigenvalue weighted by Crippen LogP contribution is 2.26. The number of aromatic nitrogens is 3. The summed E-state index contributed by atoms with van der Waals surface area (Å²) in [7, 11) is 1.69. The minimum Gasteiger partial charge on any atom is -0.386 e. The molecule has 1 atom stereocenters. The first kappa shape index (κ1) is 14.9. The number of rotatable bonds is 4. The first-order valence-electron chi connectivity index (χ1n) is 6.94. The molecule has 0 aromatic carbocycles. The summed E-state index contributed by atoms with van der Waals surface area (Å²) in [5, 5.41) is 12.4. The van der Waals surface area contributed by atoms with Gasteiger partial charge in [-0.1, -0.05) is 0 Å². The predicted octanol–water partition coefficient (Wildman–Crippen LogP) is 0.646. The second-order valence-electron chi connectivity index (χ2n) is 5.49. The Morgan fingerprint density at radius 3 is 3.05 bits per heavy atom. The maximum absolute atomic E-state index is 12.2. The highest BCUT2D eigenvalue weighted by Gasteiger charge is 2.38. The van der Waals surface area contributed by atoms with Crippen LogP contribution in [0.4, 0.5) is 5.82 Å². The van der Waals surface area contributed by atoms with Gasteiger partial charge in [0.1, 0.15) is 17.1 Å². The molecule has 2 aromatic rings. The summed E-state index contributed by atoms with van der Waals surface area (Å²) in [6, 6.07) is 0. The molecule has 0 radical (unpaired) electrons. The van der Waals surface area contributed by atoms with Crippen molar-refractivity contribution < 1.29 is 9.90 Å². The third-order valence-corrected chi connectivity index (χ3v) is 4.32. The standard InChI is InChI=1S/C14H17N5O2S/c1-18(13(20)11-7-22-10-17-11)8-14(21)2-5-19(9-14)12-6-15-3-4-16-12/h3-4,6-7,10,21H,2,5,8-9H2,1H3. The van der Waals surface area contributed by atoms with E-state index in [2.05, 4.69) is 15.0 Å². The molecule has 3 heterocycles. The third-order valence-electron chi connectivity index (χ3n) is 3.74. The van der Waals surface area contributed by atoms with Crippen molar-refractivity contribution in [3.05, 3.63) is 35.2 Å². The van der Waals surface area contributed by atoms with Crippen LogP contribution in [0.25, 0.3) is 0 Å².